The first-order chi connectivity index (χ1) is 19.1. The number of benzene rings is 3. The molecule has 1 aliphatic rings. The number of methoxy groups -OCH3 is 2. The Kier molecular flexibility index (Phi) is 10.1. The van der Waals surface area contributed by atoms with E-state index in [1.807, 2.05) is 94.7 Å². The number of hydrogen-bond acceptors (Lipinski definition) is 5. The Morgan fingerprint density at radius 1 is 0.872 bits per heavy atom. The lowest BCUT2D eigenvalue weighted by Crippen LogP contribution is -2.50. The van der Waals surface area contributed by atoms with E-state index >= 15 is 0 Å². The number of amides is 2. The smallest absolute Gasteiger partial charge is 0.254 e. The Hall–Kier alpha value is -4.10. The van der Waals surface area contributed by atoms with Gasteiger partial charge in [0.05, 0.1) is 20.6 Å². The number of carbonyl (C=O) groups excluding carboxylic acids is 2. The number of rotatable bonds is 11. The summed E-state index contributed by atoms with van der Waals surface area (Å²) in [6.07, 6.45) is 4.39. The van der Waals surface area contributed by atoms with Gasteiger partial charge in [0.15, 0.2) is 0 Å². The van der Waals surface area contributed by atoms with E-state index in [0.717, 1.165) is 36.5 Å². The summed E-state index contributed by atoms with van der Waals surface area (Å²) in [5, 5.41) is 0. The molecule has 4 rings (SSSR count). The van der Waals surface area contributed by atoms with Crippen molar-refractivity contribution in [3.63, 3.8) is 0 Å². The Morgan fingerprint density at radius 2 is 1.62 bits per heavy atom. The summed E-state index contributed by atoms with van der Waals surface area (Å²) >= 11 is 0. The molecule has 0 aromatic heterocycles. The van der Waals surface area contributed by atoms with Crippen LogP contribution >= 0.6 is 0 Å². The summed E-state index contributed by atoms with van der Waals surface area (Å²) in [5.74, 6) is 1.60. The maximum Gasteiger partial charge on any atom is 0.254 e. The maximum atomic E-state index is 13.3. The zero-order valence-corrected chi connectivity index (χ0v) is 22.8. The third kappa shape index (κ3) is 7.94. The van der Waals surface area contributed by atoms with Crippen molar-refractivity contribution in [3.05, 3.63) is 102 Å². The average Bonchev–Trinajstić information content (AvgIpc) is 2.99. The van der Waals surface area contributed by atoms with Gasteiger partial charge < -0.3 is 19.3 Å². The van der Waals surface area contributed by atoms with Gasteiger partial charge in [0, 0.05) is 56.9 Å². The second kappa shape index (κ2) is 14.2. The molecule has 1 heterocycles. The van der Waals surface area contributed by atoms with Gasteiger partial charge in [0.2, 0.25) is 5.91 Å². The fourth-order valence-corrected chi connectivity index (χ4v) is 4.69. The van der Waals surface area contributed by atoms with Crippen molar-refractivity contribution in [2.45, 2.75) is 6.42 Å². The van der Waals surface area contributed by atoms with Crippen molar-refractivity contribution >= 4 is 17.9 Å². The first-order valence-electron chi connectivity index (χ1n) is 13.3. The van der Waals surface area contributed by atoms with E-state index in [4.69, 9.17) is 9.47 Å². The maximum absolute atomic E-state index is 13.3. The summed E-state index contributed by atoms with van der Waals surface area (Å²) in [6, 6.07) is 25.0. The molecule has 39 heavy (non-hydrogen) atoms. The molecule has 2 amide bonds. The molecule has 1 fully saturated rings. The van der Waals surface area contributed by atoms with Crippen molar-refractivity contribution in [1.29, 1.82) is 0 Å². The van der Waals surface area contributed by atoms with Crippen LogP contribution < -0.4 is 9.47 Å². The highest BCUT2D eigenvalue weighted by molar-refractivity contribution is 5.94. The Labute approximate surface area is 231 Å². The molecule has 7 nitrogen and oxygen atoms in total. The molecule has 0 saturated carbocycles. The predicted octanol–water partition coefficient (Wildman–Crippen LogP) is 4.25. The topological polar surface area (TPSA) is 62.3 Å². The van der Waals surface area contributed by atoms with Crippen molar-refractivity contribution in [1.82, 2.24) is 14.7 Å². The molecule has 1 aliphatic heterocycles. The molecule has 7 heteroatoms. The number of ether oxygens (including phenoxy) is 2. The van der Waals surface area contributed by atoms with Gasteiger partial charge >= 0.3 is 0 Å². The molecule has 0 N–H and O–H groups in total. The number of carbonyl (C=O) groups is 2. The molecule has 0 radical (unpaired) electrons. The Bertz CT molecular complexity index is 1250. The molecule has 3 aromatic rings. The zero-order valence-electron chi connectivity index (χ0n) is 22.8. The highest BCUT2D eigenvalue weighted by Gasteiger charge is 2.23. The molecule has 0 unspecified atom stereocenters. The van der Waals surface area contributed by atoms with Crippen LogP contribution in [0.15, 0.2) is 84.9 Å². The number of nitrogens with zero attached hydrogens (tertiary/aromatic N) is 3. The summed E-state index contributed by atoms with van der Waals surface area (Å²) in [7, 11) is 3.26. The highest BCUT2D eigenvalue weighted by Crippen LogP contribution is 2.19. The fourth-order valence-electron chi connectivity index (χ4n) is 4.69. The summed E-state index contributed by atoms with van der Waals surface area (Å²) in [5.41, 5.74) is 2.63. The number of para-hydroxylation sites is 1. The van der Waals surface area contributed by atoms with Crippen molar-refractivity contribution < 1.29 is 19.1 Å². The number of piperazine rings is 1. The third-order valence-corrected chi connectivity index (χ3v) is 6.98. The van der Waals surface area contributed by atoms with Gasteiger partial charge in [-0.05, 0) is 29.8 Å². The lowest BCUT2D eigenvalue weighted by atomic mass is 10.1. The molecular weight excluding hydrogens is 490 g/mol. The Morgan fingerprint density at radius 3 is 2.36 bits per heavy atom. The zero-order chi connectivity index (χ0) is 27.5. The van der Waals surface area contributed by atoms with Gasteiger partial charge in [-0.3, -0.25) is 14.5 Å². The third-order valence-electron chi connectivity index (χ3n) is 6.98. The second-order valence-corrected chi connectivity index (χ2v) is 9.51. The number of hydrogen-bond donors (Lipinski definition) is 0. The van der Waals surface area contributed by atoms with Crippen LogP contribution in [0.25, 0.3) is 6.08 Å². The van der Waals surface area contributed by atoms with Gasteiger partial charge in [-0.1, -0.05) is 66.7 Å². The summed E-state index contributed by atoms with van der Waals surface area (Å²) in [4.78, 5) is 32.4. The van der Waals surface area contributed by atoms with E-state index < -0.39 is 0 Å². The quantitative estimate of drug-likeness (QED) is 0.373. The normalized spacial score (nSPS) is 13.8. The van der Waals surface area contributed by atoms with Crippen molar-refractivity contribution in [3.8, 4) is 11.5 Å². The first kappa shape index (κ1) is 27.9. The first-order valence-corrected chi connectivity index (χ1v) is 13.3. The van der Waals surface area contributed by atoms with Gasteiger partial charge in [0.1, 0.15) is 11.5 Å². The molecule has 3 aromatic carbocycles. The molecule has 0 aliphatic carbocycles. The molecule has 204 valence electrons. The van der Waals surface area contributed by atoms with Crippen LogP contribution in [0.4, 0.5) is 0 Å². The van der Waals surface area contributed by atoms with Gasteiger partial charge in [0.25, 0.3) is 5.91 Å². The standard InChI is InChI=1S/C32H37N3O4/c1-38-29-15-8-13-28(25-29)32(37)35-22-19-33(20-23-35)18-21-34(31(36)24-26-10-4-3-5-11-26)17-9-14-27-12-6-7-16-30(27)39-2/h3-16,25H,17-24H2,1-2H3/b14-9+. The lowest BCUT2D eigenvalue weighted by molar-refractivity contribution is -0.130. The van der Waals surface area contributed by atoms with Crippen LogP contribution in [0.5, 0.6) is 11.5 Å². The Balaban J connectivity index is 1.34. The van der Waals surface area contributed by atoms with Crippen molar-refractivity contribution in [2.75, 3.05) is 60.0 Å². The van der Waals surface area contributed by atoms with E-state index in [9.17, 15) is 9.59 Å². The van der Waals surface area contributed by atoms with Crippen LogP contribution in [0.2, 0.25) is 0 Å². The summed E-state index contributed by atoms with van der Waals surface area (Å²) in [6.45, 7) is 4.73. The average molecular weight is 528 g/mol. The summed E-state index contributed by atoms with van der Waals surface area (Å²) < 4.78 is 10.7. The van der Waals surface area contributed by atoms with E-state index in [1.54, 1.807) is 20.3 Å². The minimum atomic E-state index is 0.0229. The van der Waals surface area contributed by atoms with Crippen LogP contribution in [0.1, 0.15) is 21.5 Å². The molecular formula is C32H37N3O4. The van der Waals surface area contributed by atoms with Crippen LogP contribution in [-0.2, 0) is 11.2 Å². The fraction of sp³-hybridized carbons (Fsp3) is 0.312. The van der Waals surface area contributed by atoms with Crippen LogP contribution in [0.3, 0.4) is 0 Å². The van der Waals surface area contributed by atoms with Crippen LogP contribution in [-0.4, -0.2) is 86.5 Å². The van der Waals surface area contributed by atoms with E-state index in [-0.39, 0.29) is 11.8 Å². The second-order valence-electron chi connectivity index (χ2n) is 9.51. The van der Waals surface area contributed by atoms with Gasteiger partial charge in [-0.2, -0.15) is 0 Å². The monoisotopic (exact) mass is 527 g/mol. The van der Waals surface area contributed by atoms with Crippen LogP contribution in [0, 0.1) is 0 Å². The molecule has 0 atom stereocenters. The van der Waals surface area contributed by atoms with E-state index in [0.29, 0.717) is 43.9 Å². The predicted molar refractivity (Wildman–Crippen MR) is 154 cm³/mol. The SMILES string of the molecule is COc1cccc(C(=O)N2CCN(CCN(C/C=C/c3ccccc3OC)C(=O)Cc3ccccc3)CC2)c1. The highest BCUT2D eigenvalue weighted by atomic mass is 16.5. The van der Waals surface area contributed by atoms with E-state index in [1.165, 1.54) is 0 Å². The molecule has 0 spiro atoms. The van der Waals surface area contributed by atoms with Crippen molar-refractivity contribution in [2.24, 2.45) is 0 Å². The van der Waals surface area contributed by atoms with Gasteiger partial charge in [-0.25, -0.2) is 0 Å². The molecule has 1 saturated heterocycles. The minimum absolute atomic E-state index is 0.0229. The largest absolute Gasteiger partial charge is 0.497 e. The van der Waals surface area contributed by atoms with E-state index in [2.05, 4.69) is 4.90 Å². The minimum Gasteiger partial charge on any atom is -0.497 e. The lowest BCUT2D eigenvalue weighted by Gasteiger charge is -2.36. The van der Waals surface area contributed by atoms with Gasteiger partial charge in [-0.15, -0.1) is 0 Å². The molecule has 0 bridgehead atoms.